The molecule has 2 aromatic carbocycles. The maximum Gasteiger partial charge on any atom is 0.137 e. The van der Waals surface area contributed by atoms with Crippen molar-refractivity contribution in [3.8, 4) is 17.6 Å². The van der Waals surface area contributed by atoms with Gasteiger partial charge in [0.15, 0.2) is 0 Å². The first-order valence-electron chi connectivity index (χ1n) is 5.80. The third kappa shape index (κ3) is 3.90. The molecular weight excluding hydrogens is 262 g/mol. The molecule has 0 aromatic heterocycles. The largest absolute Gasteiger partial charge is 0.490 e. The average molecular weight is 274 g/mol. The minimum absolute atomic E-state index is 0.366. The fourth-order valence-electron chi connectivity index (χ4n) is 1.55. The second-order valence-corrected chi connectivity index (χ2v) is 4.20. The number of ether oxygens (including phenoxy) is 2. The Morgan fingerprint density at radius 3 is 2.58 bits per heavy atom. The van der Waals surface area contributed by atoms with Crippen LogP contribution in [0.5, 0.6) is 11.5 Å². The summed E-state index contributed by atoms with van der Waals surface area (Å²) >= 11 is 5.85. The highest BCUT2D eigenvalue weighted by Crippen LogP contribution is 2.18. The van der Waals surface area contributed by atoms with Gasteiger partial charge in [0, 0.05) is 5.02 Å². The van der Waals surface area contributed by atoms with Gasteiger partial charge in [-0.1, -0.05) is 29.8 Å². The lowest BCUT2D eigenvalue weighted by molar-refractivity contribution is 0.217. The third-order valence-corrected chi connectivity index (χ3v) is 2.65. The fourth-order valence-corrected chi connectivity index (χ4v) is 1.73. The zero-order valence-electron chi connectivity index (χ0n) is 10.2. The van der Waals surface area contributed by atoms with E-state index < -0.39 is 0 Å². The van der Waals surface area contributed by atoms with Gasteiger partial charge >= 0.3 is 0 Å². The van der Waals surface area contributed by atoms with E-state index >= 15 is 0 Å². The van der Waals surface area contributed by atoms with Crippen LogP contribution < -0.4 is 9.47 Å². The topological polar surface area (TPSA) is 42.2 Å². The number of hydrogen-bond donors (Lipinski definition) is 0. The van der Waals surface area contributed by atoms with E-state index in [-0.39, 0.29) is 0 Å². The van der Waals surface area contributed by atoms with Gasteiger partial charge in [0.2, 0.25) is 0 Å². The van der Waals surface area contributed by atoms with Crippen molar-refractivity contribution in [2.45, 2.75) is 0 Å². The number of para-hydroxylation sites is 1. The van der Waals surface area contributed by atoms with E-state index in [1.54, 1.807) is 30.3 Å². The summed E-state index contributed by atoms with van der Waals surface area (Å²) in [5, 5.41) is 9.54. The van der Waals surface area contributed by atoms with Crippen LogP contribution in [0.3, 0.4) is 0 Å². The van der Waals surface area contributed by atoms with Crippen molar-refractivity contribution in [2.24, 2.45) is 0 Å². The quantitative estimate of drug-likeness (QED) is 0.781. The van der Waals surface area contributed by atoms with E-state index in [0.717, 1.165) is 0 Å². The molecule has 4 heteroatoms. The molecular formula is C15H12ClNO2. The summed E-state index contributed by atoms with van der Waals surface area (Å²) in [6.45, 7) is 0.755. The highest BCUT2D eigenvalue weighted by atomic mass is 35.5. The second-order valence-electron chi connectivity index (χ2n) is 3.76. The van der Waals surface area contributed by atoms with E-state index in [2.05, 4.69) is 6.07 Å². The number of nitriles is 1. The maximum absolute atomic E-state index is 8.91. The van der Waals surface area contributed by atoms with Crippen LogP contribution in [-0.4, -0.2) is 13.2 Å². The van der Waals surface area contributed by atoms with Gasteiger partial charge in [-0.2, -0.15) is 5.26 Å². The standard InChI is InChI=1S/C15H12ClNO2/c16-13-5-3-6-14(10-13)18-8-9-19-15-7-2-1-4-12(15)11-17/h1-7,10H,8-9H2. The van der Waals surface area contributed by atoms with Crippen molar-refractivity contribution in [3.63, 3.8) is 0 Å². The van der Waals surface area contributed by atoms with E-state index in [1.807, 2.05) is 18.2 Å². The van der Waals surface area contributed by atoms with Crippen LogP contribution in [0.15, 0.2) is 48.5 Å². The molecule has 2 aromatic rings. The Morgan fingerprint density at radius 2 is 1.79 bits per heavy atom. The lowest BCUT2D eigenvalue weighted by Crippen LogP contribution is -2.09. The first kappa shape index (κ1) is 13.3. The van der Waals surface area contributed by atoms with Gasteiger partial charge < -0.3 is 9.47 Å². The predicted octanol–water partition coefficient (Wildman–Crippen LogP) is 3.67. The van der Waals surface area contributed by atoms with Crippen LogP contribution in [0.4, 0.5) is 0 Å². The number of nitrogens with zero attached hydrogens (tertiary/aromatic N) is 1. The maximum atomic E-state index is 8.91. The molecule has 0 amide bonds. The molecule has 0 heterocycles. The van der Waals surface area contributed by atoms with Crippen LogP contribution in [0.2, 0.25) is 5.02 Å². The summed E-state index contributed by atoms with van der Waals surface area (Å²) in [7, 11) is 0. The molecule has 0 radical (unpaired) electrons. The lowest BCUT2D eigenvalue weighted by Gasteiger charge is -2.09. The highest BCUT2D eigenvalue weighted by molar-refractivity contribution is 6.30. The van der Waals surface area contributed by atoms with Gasteiger partial charge in [-0.25, -0.2) is 0 Å². The SMILES string of the molecule is N#Cc1ccccc1OCCOc1cccc(Cl)c1. The van der Waals surface area contributed by atoms with Crippen molar-refractivity contribution >= 4 is 11.6 Å². The molecule has 0 unspecified atom stereocenters. The van der Waals surface area contributed by atoms with Gasteiger partial charge in [-0.15, -0.1) is 0 Å². The predicted molar refractivity (Wildman–Crippen MR) is 73.6 cm³/mol. The van der Waals surface area contributed by atoms with Crippen molar-refractivity contribution in [2.75, 3.05) is 13.2 Å². The summed E-state index contributed by atoms with van der Waals surface area (Å²) in [5.74, 6) is 1.27. The average Bonchev–Trinajstić information content (AvgIpc) is 2.44. The van der Waals surface area contributed by atoms with Gasteiger partial charge in [0.1, 0.15) is 30.8 Å². The normalized spacial score (nSPS) is 9.68. The smallest absolute Gasteiger partial charge is 0.137 e. The summed E-state index contributed by atoms with van der Waals surface area (Å²) in [6.07, 6.45) is 0. The number of rotatable bonds is 5. The molecule has 19 heavy (non-hydrogen) atoms. The van der Waals surface area contributed by atoms with E-state index in [9.17, 15) is 0 Å². The van der Waals surface area contributed by atoms with Crippen LogP contribution in [0.1, 0.15) is 5.56 Å². The van der Waals surface area contributed by atoms with E-state index in [0.29, 0.717) is 35.3 Å². The second kappa shape index (κ2) is 6.67. The Labute approximate surface area is 117 Å². The van der Waals surface area contributed by atoms with Crippen molar-refractivity contribution in [3.05, 3.63) is 59.1 Å². The molecule has 3 nitrogen and oxygen atoms in total. The molecule has 0 saturated heterocycles. The van der Waals surface area contributed by atoms with Crippen molar-refractivity contribution in [1.29, 1.82) is 5.26 Å². The Kier molecular flexibility index (Phi) is 4.66. The Hall–Kier alpha value is -2.18. The third-order valence-electron chi connectivity index (χ3n) is 2.41. The number of halogens is 1. The molecule has 0 fully saturated rings. The molecule has 0 aliphatic rings. The van der Waals surface area contributed by atoms with Gasteiger partial charge in [0.25, 0.3) is 0 Å². The van der Waals surface area contributed by atoms with Crippen LogP contribution in [0, 0.1) is 11.3 Å². The van der Waals surface area contributed by atoms with E-state index in [1.165, 1.54) is 0 Å². The van der Waals surface area contributed by atoms with Gasteiger partial charge in [-0.3, -0.25) is 0 Å². The monoisotopic (exact) mass is 273 g/mol. The number of benzene rings is 2. The fraction of sp³-hybridized carbons (Fsp3) is 0.133. The molecule has 0 spiro atoms. The molecule has 96 valence electrons. The summed E-state index contributed by atoms with van der Waals surface area (Å²) in [4.78, 5) is 0. The molecule has 0 aliphatic carbocycles. The van der Waals surface area contributed by atoms with Crippen LogP contribution >= 0.6 is 11.6 Å². The number of hydrogen-bond acceptors (Lipinski definition) is 3. The minimum Gasteiger partial charge on any atom is -0.490 e. The minimum atomic E-state index is 0.366. The van der Waals surface area contributed by atoms with Crippen molar-refractivity contribution in [1.82, 2.24) is 0 Å². The Balaban J connectivity index is 1.83. The molecule has 0 aliphatic heterocycles. The molecule has 0 atom stereocenters. The molecule has 0 saturated carbocycles. The lowest BCUT2D eigenvalue weighted by atomic mass is 10.2. The Morgan fingerprint density at radius 1 is 1.00 bits per heavy atom. The summed E-state index contributed by atoms with van der Waals surface area (Å²) in [6, 6.07) is 16.4. The zero-order valence-corrected chi connectivity index (χ0v) is 10.9. The van der Waals surface area contributed by atoms with Crippen molar-refractivity contribution < 1.29 is 9.47 Å². The first-order chi connectivity index (χ1) is 9.29. The van der Waals surface area contributed by atoms with E-state index in [4.69, 9.17) is 26.3 Å². The van der Waals surface area contributed by atoms with Crippen LogP contribution in [-0.2, 0) is 0 Å². The summed E-state index contributed by atoms with van der Waals surface area (Å²) < 4.78 is 11.0. The Bertz CT molecular complexity index is 593. The molecule has 0 N–H and O–H groups in total. The molecule has 2 rings (SSSR count). The summed E-state index contributed by atoms with van der Waals surface area (Å²) in [5.41, 5.74) is 0.519. The molecule has 0 bridgehead atoms. The zero-order chi connectivity index (χ0) is 13.5. The van der Waals surface area contributed by atoms with Crippen LogP contribution in [0.25, 0.3) is 0 Å². The highest BCUT2D eigenvalue weighted by Gasteiger charge is 2.01. The van der Waals surface area contributed by atoms with Gasteiger partial charge in [0.05, 0.1) is 5.56 Å². The van der Waals surface area contributed by atoms with Gasteiger partial charge in [-0.05, 0) is 30.3 Å². The first-order valence-corrected chi connectivity index (χ1v) is 6.17.